The van der Waals surface area contributed by atoms with Crippen LogP contribution in [0.3, 0.4) is 0 Å². The van der Waals surface area contributed by atoms with Crippen LogP contribution in [0.2, 0.25) is 0 Å². The molecule has 3 N–H and O–H groups in total. The predicted molar refractivity (Wildman–Crippen MR) is 81.9 cm³/mol. The molecule has 0 aliphatic carbocycles. The molecule has 1 aromatic rings. The Balaban J connectivity index is 2.74. The summed E-state index contributed by atoms with van der Waals surface area (Å²) in [4.78, 5) is 24.1. The Hall–Kier alpha value is -1.98. The first-order valence-electron chi connectivity index (χ1n) is 7.12. The van der Waals surface area contributed by atoms with Gasteiger partial charge in [-0.15, -0.1) is 0 Å². The summed E-state index contributed by atoms with van der Waals surface area (Å²) in [6, 6.07) is 1.56. The Morgan fingerprint density at radius 1 is 1.43 bits per heavy atom. The number of esters is 1. The maximum atomic E-state index is 12.2. The summed E-state index contributed by atoms with van der Waals surface area (Å²) in [6.07, 6.45) is 1.71. The average Bonchev–Trinajstić information content (AvgIpc) is 2.68. The summed E-state index contributed by atoms with van der Waals surface area (Å²) in [6.45, 7) is 9.83. The number of nitrogens with two attached hydrogens (primary N) is 1. The average molecular weight is 295 g/mol. The molecule has 0 spiro atoms. The van der Waals surface area contributed by atoms with Crippen molar-refractivity contribution in [3.8, 4) is 0 Å². The van der Waals surface area contributed by atoms with Crippen LogP contribution in [-0.4, -0.2) is 28.1 Å². The fraction of sp³-hybridized carbons (Fsp3) is 0.600. The molecule has 1 unspecified atom stereocenters. The maximum Gasteiger partial charge on any atom is 0.355 e. The Labute approximate surface area is 125 Å². The van der Waals surface area contributed by atoms with Crippen molar-refractivity contribution in [2.24, 2.45) is 0 Å². The third-order valence-corrected chi connectivity index (χ3v) is 2.74. The molecule has 0 saturated carbocycles. The number of nitrogens with zero attached hydrogens (tertiary/aromatic N) is 1. The number of rotatable bonds is 5. The minimum atomic E-state index is -0.858. The molecule has 0 saturated heterocycles. The van der Waals surface area contributed by atoms with E-state index in [4.69, 9.17) is 10.5 Å². The molecule has 1 heterocycles. The molecular formula is C15H25N3O3. The lowest BCUT2D eigenvalue weighted by Gasteiger charge is -2.23. The van der Waals surface area contributed by atoms with Crippen LogP contribution in [0, 0.1) is 0 Å². The first kappa shape index (κ1) is 17.1. The van der Waals surface area contributed by atoms with Crippen molar-refractivity contribution in [1.29, 1.82) is 0 Å². The number of aromatic nitrogens is 1. The van der Waals surface area contributed by atoms with E-state index < -0.39 is 12.1 Å². The van der Waals surface area contributed by atoms with Crippen LogP contribution in [0.25, 0.3) is 0 Å². The summed E-state index contributed by atoms with van der Waals surface area (Å²) in [7, 11) is 0. The van der Waals surface area contributed by atoms with Gasteiger partial charge in [-0.2, -0.15) is 0 Å². The molecule has 6 heteroatoms. The maximum absolute atomic E-state index is 12.2. The third kappa shape index (κ3) is 5.13. The summed E-state index contributed by atoms with van der Waals surface area (Å²) in [5.74, 6) is -0.867. The van der Waals surface area contributed by atoms with E-state index in [1.54, 1.807) is 23.8 Å². The lowest BCUT2D eigenvalue weighted by Crippen LogP contribution is -2.46. The highest BCUT2D eigenvalue weighted by atomic mass is 16.5. The van der Waals surface area contributed by atoms with Gasteiger partial charge in [-0.1, -0.05) is 6.92 Å². The number of nitrogens with one attached hydrogen (secondary N) is 1. The second-order valence-corrected chi connectivity index (χ2v) is 6.14. The number of carbonyl (C=O) groups excluding carboxylic acids is 2. The van der Waals surface area contributed by atoms with Gasteiger partial charge in [-0.05, 0) is 40.2 Å². The van der Waals surface area contributed by atoms with E-state index in [1.165, 1.54) is 0 Å². The second kappa shape index (κ2) is 6.65. The molecule has 1 atom stereocenters. The highest BCUT2D eigenvalue weighted by molar-refractivity contribution is 5.92. The van der Waals surface area contributed by atoms with Crippen molar-refractivity contribution in [3.63, 3.8) is 0 Å². The number of ether oxygens (including phenoxy) is 1. The first-order chi connectivity index (χ1) is 9.64. The summed E-state index contributed by atoms with van der Waals surface area (Å²) < 4.78 is 6.96. The lowest BCUT2D eigenvalue weighted by atomic mass is 10.1. The van der Waals surface area contributed by atoms with Crippen molar-refractivity contribution < 1.29 is 14.3 Å². The van der Waals surface area contributed by atoms with Crippen LogP contribution in [-0.2, 0) is 16.1 Å². The molecule has 0 aliphatic rings. The SMILES string of the molecule is CCCn1cc(N)cc1C(=O)OC(C)C(=O)NC(C)(C)C. The van der Waals surface area contributed by atoms with Crippen molar-refractivity contribution in [3.05, 3.63) is 18.0 Å². The number of aryl methyl sites for hydroxylation is 1. The van der Waals surface area contributed by atoms with E-state index in [0.717, 1.165) is 6.42 Å². The van der Waals surface area contributed by atoms with Crippen LogP contribution in [0.15, 0.2) is 12.3 Å². The van der Waals surface area contributed by atoms with Crippen molar-refractivity contribution >= 4 is 17.6 Å². The predicted octanol–water partition coefficient (Wildman–Crippen LogP) is 1.94. The van der Waals surface area contributed by atoms with Crippen LogP contribution >= 0.6 is 0 Å². The third-order valence-electron chi connectivity index (χ3n) is 2.74. The summed E-state index contributed by atoms with van der Waals surface area (Å²) in [5.41, 5.74) is 6.21. The number of nitrogen functional groups attached to an aromatic ring is 1. The number of hydrogen-bond donors (Lipinski definition) is 2. The van der Waals surface area contributed by atoms with E-state index in [1.807, 2.05) is 27.7 Å². The summed E-state index contributed by atoms with van der Waals surface area (Å²) in [5, 5.41) is 2.77. The Morgan fingerprint density at radius 3 is 2.57 bits per heavy atom. The molecule has 0 aliphatic heterocycles. The van der Waals surface area contributed by atoms with E-state index in [0.29, 0.717) is 17.9 Å². The molecular weight excluding hydrogens is 270 g/mol. The van der Waals surface area contributed by atoms with E-state index in [9.17, 15) is 9.59 Å². The van der Waals surface area contributed by atoms with Crippen LogP contribution < -0.4 is 11.1 Å². The zero-order valence-electron chi connectivity index (χ0n) is 13.4. The molecule has 0 bridgehead atoms. The topological polar surface area (TPSA) is 86.3 Å². The van der Waals surface area contributed by atoms with Gasteiger partial charge >= 0.3 is 5.97 Å². The zero-order valence-corrected chi connectivity index (χ0v) is 13.4. The number of hydrogen-bond acceptors (Lipinski definition) is 4. The number of carbonyl (C=O) groups is 2. The molecule has 1 amide bonds. The largest absolute Gasteiger partial charge is 0.448 e. The molecule has 6 nitrogen and oxygen atoms in total. The van der Waals surface area contributed by atoms with E-state index in [-0.39, 0.29) is 11.4 Å². The van der Waals surface area contributed by atoms with Gasteiger partial charge in [0.05, 0.1) is 5.69 Å². The number of amides is 1. The minimum absolute atomic E-state index is 0.322. The Bertz CT molecular complexity index is 515. The highest BCUT2D eigenvalue weighted by Gasteiger charge is 2.24. The van der Waals surface area contributed by atoms with Gasteiger partial charge in [-0.3, -0.25) is 4.79 Å². The molecule has 1 aromatic heterocycles. The van der Waals surface area contributed by atoms with Gasteiger partial charge < -0.3 is 20.4 Å². The van der Waals surface area contributed by atoms with Crippen LogP contribution in [0.1, 0.15) is 51.5 Å². The molecule has 0 radical (unpaired) electrons. The first-order valence-corrected chi connectivity index (χ1v) is 7.12. The number of anilines is 1. The molecule has 0 fully saturated rings. The monoisotopic (exact) mass is 295 g/mol. The smallest absolute Gasteiger partial charge is 0.355 e. The highest BCUT2D eigenvalue weighted by Crippen LogP contribution is 2.14. The van der Waals surface area contributed by atoms with Gasteiger partial charge in [0.15, 0.2) is 6.10 Å². The van der Waals surface area contributed by atoms with Crippen molar-refractivity contribution in [2.75, 3.05) is 5.73 Å². The fourth-order valence-corrected chi connectivity index (χ4v) is 1.88. The van der Waals surface area contributed by atoms with Crippen molar-refractivity contribution in [2.45, 2.75) is 59.2 Å². The summed E-state index contributed by atoms with van der Waals surface area (Å²) >= 11 is 0. The minimum Gasteiger partial charge on any atom is -0.448 e. The lowest BCUT2D eigenvalue weighted by molar-refractivity contribution is -0.130. The zero-order chi connectivity index (χ0) is 16.2. The van der Waals surface area contributed by atoms with Gasteiger partial charge in [0.25, 0.3) is 5.91 Å². The fourth-order valence-electron chi connectivity index (χ4n) is 1.88. The van der Waals surface area contributed by atoms with Gasteiger partial charge in [0.1, 0.15) is 5.69 Å². The van der Waals surface area contributed by atoms with Gasteiger partial charge in [-0.25, -0.2) is 4.79 Å². The molecule has 0 aromatic carbocycles. The normalized spacial score (nSPS) is 12.8. The Kier molecular flexibility index (Phi) is 5.41. The standard InChI is InChI=1S/C15H25N3O3/c1-6-7-18-9-11(16)8-12(18)14(20)21-10(2)13(19)17-15(3,4)5/h8-10H,6-7,16H2,1-5H3,(H,17,19). The van der Waals surface area contributed by atoms with Crippen molar-refractivity contribution in [1.82, 2.24) is 9.88 Å². The molecule has 1 rings (SSSR count). The van der Waals surface area contributed by atoms with Gasteiger partial charge in [0.2, 0.25) is 0 Å². The van der Waals surface area contributed by atoms with Crippen LogP contribution in [0.5, 0.6) is 0 Å². The van der Waals surface area contributed by atoms with Crippen LogP contribution in [0.4, 0.5) is 5.69 Å². The van der Waals surface area contributed by atoms with E-state index in [2.05, 4.69) is 5.32 Å². The molecule has 21 heavy (non-hydrogen) atoms. The molecule has 118 valence electrons. The van der Waals surface area contributed by atoms with E-state index >= 15 is 0 Å². The Morgan fingerprint density at radius 2 is 2.05 bits per heavy atom. The van der Waals surface area contributed by atoms with Gasteiger partial charge in [0, 0.05) is 18.3 Å². The quantitative estimate of drug-likeness (QED) is 0.813. The second-order valence-electron chi connectivity index (χ2n) is 6.14.